The molecular weight excluding hydrogens is 406 g/mol. The molecule has 0 aliphatic carbocycles. The Morgan fingerprint density at radius 3 is 2.56 bits per heavy atom. The minimum absolute atomic E-state index is 0.0223. The number of nitrogens with zero attached hydrogens (tertiary/aromatic N) is 3. The van der Waals surface area contributed by atoms with Gasteiger partial charge < -0.3 is 25.0 Å². The van der Waals surface area contributed by atoms with Crippen LogP contribution in [0.4, 0.5) is 0 Å². The number of rotatable bonds is 9. The minimum atomic E-state index is -0.0223. The number of guanidine groups is 1. The van der Waals surface area contributed by atoms with Crippen molar-refractivity contribution < 1.29 is 14.3 Å². The maximum Gasteiger partial charge on any atom is 0.243 e. The van der Waals surface area contributed by atoms with E-state index in [0.717, 1.165) is 38.3 Å². The number of carbonyl (C=O) groups is 1. The van der Waals surface area contributed by atoms with Crippen LogP contribution in [-0.4, -0.2) is 88.3 Å². The zero-order valence-electron chi connectivity index (χ0n) is 19.8. The lowest BCUT2D eigenvalue weighted by atomic mass is 10.0. The monoisotopic (exact) mass is 445 g/mol. The summed E-state index contributed by atoms with van der Waals surface area (Å²) in [5, 5.41) is 6.89. The first-order valence-corrected chi connectivity index (χ1v) is 11.8. The maximum atomic E-state index is 12.1. The number of likely N-dealkylation sites (tertiary alicyclic amines) is 1. The van der Waals surface area contributed by atoms with E-state index in [4.69, 9.17) is 9.47 Å². The third-order valence-corrected chi connectivity index (χ3v) is 6.19. The normalized spacial score (nSPS) is 20.6. The van der Waals surface area contributed by atoms with Crippen LogP contribution >= 0.6 is 0 Å². The predicted octanol–water partition coefficient (Wildman–Crippen LogP) is 2.02. The van der Waals surface area contributed by atoms with Gasteiger partial charge in [-0.1, -0.05) is 18.6 Å². The molecule has 0 spiro atoms. The van der Waals surface area contributed by atoms with E-state index in [9.17, 15) is 4.79 Å². The van der Waals surface area contributed by atoms with E-state index in [-0.39, 0.29) is 24.6 Å². The lowest BCUT2D eigenvalue weighted by Gasteiger charge is -2.35. The van der Waals surface area contributed by atoms with Gasteiger partial charge in [0, 0.05) is 33.8 Å². The van der Waals surface area contributed by atoms with E-state index in [1.54, 1.807) is 26.1 Å². The molecule has 2 aliphatic rings. The van der Waals surface area contributed by atoms with Gasteiger partial charge in [0.15, 0.2) is 5.96 Å². The highest BCUT2D eigenvalue weighted by atomic mass is 16.5. The van der Waals surface area contributed by atoms with Crippen LogP contribution in [0.3, 0.4) is 0 Å². The molecule has 2 N–H and O–H groups in total. The summed E-state index contributed by atoms with van der Waals surface area (Å²) >= 11 is 0. The van der Waals surface area contributed by atoms with E-state index in [0.29, 0.717) is 19.0 Å². The summed E-state index contributed by atoms with van der Waals surface area (Å²) in [5.74, 6) is 1.50. The number of hydrogen-bond acceptors (Lipinski definition) is 5. The fraction of sp³-hybridized carbons (Fsp3) is 0.667. The second kappa shape index (κ2) is 12.6. The van der Waals surface area contributed by atoms with E-state index >= 15 is 0 Å². The number of carbonyl (C=O) groups excluding carboxylic acids is 1. The molecule has 2 unspecified atom stereocenters. The van der Waals surface area contributed by atoms with E-state index < -0.39 is 0 Å². The van der Waals surface area contributed by atoms with Crippen molar-refractivity contribution in [3.05, 3.63) is 29.8 Å². The van der Waals surface area contributed by atoms with Crippen molar-refractivity contribution in [3.8, 4) is 5.75 Å². The molecule has 8 nitrogen and oxygen atoms in total. The predicted molar refractivity (Wildman–Crippen MR) is 127 cm³/mol. The number of benzene rings is 1. The second-order valence-corrected chi connectivity index (χ2v) is 8.74. The van der Waals surface area contributed by atoms with Gasteiger partial charge in [0.05, 0.1) is 19.3 Å². The highest BCUT2D eigenvalue weighted by Gasteiger charge is 2.23. The molecule has 1 aromatic carbocycles. The van der Waals surface area contributed by atoms with Crippen LogP contribution in [-0.2, 0) is 9.53 Å². The van der Waals surface area contributed by atoms with E-state index in [2.05, 4.69) is 32.7 Å². The summed E-state index contributed by atoms with van der Waals surface area (Å²) < 4.78 is 11.1. The quantitative estimate of drug-likeness (QED) is 0.447. The zero-order valence-corrected chi connectivity index (χ0v) is 19.8. The highest BCUT2D eigenvalue weighted by molar-refractivity contribution is 5.84. The molecule has 1 aromatic rings. The van der Waals surface area contributed by atoms with Crippen LogP contribution in [0.1, 0.15) is 43.7 Å². The smallest absolute Gasteiger partial charge is 0.243 e. The molecule has 3 rings (SSSR count). The second-order valence-electron chi connectivity index (χ2n) is 8.74. The van der Waals surface area contributed by atoms with Crippen LogP contribution in [0.2, 0.25) is 0 Å². The molecule has 178 valence electrons. The van der Waals surface area contributed by atoms with Crippen LogP contribution in [0.15, 0.2) is 29.3 Å². The minimum Gasteiger partial charge on any atom is -0.497 e. The third kappa shape index (κ3) is 7.38. The molecule has 8 heteroatoms. The molecule has 2 atom stereocenters. The summed E-state index contributed by atoms with van der Waals surface area (Å²) in [6, 6.07) is 8.55. The van der Waals surface area contributed by atoms with Gasteiger partial charge in [0.1, 0.15) is 12.3 Å². The highest BCUT2D eigenvalue weighted by Crippen LogP contribution is 2.25. The number of ether oxygens (including phenoxy) is 2. The maximum absolute atomic E-state index is 12.1. The van der Waals surface area contributed by atoms with Crippen molar-refractivity contribution in [2.75, 3.05) is 60.5 Å². The standard InChI is InChI=1S/C24H39N5O3/c1-28(2)23(30)18-27-24(25-16-21-8-7-15-32-21)26-17-22(29-13-5-4-6-14-29)19-9-11-20(31-3)12-10-19/h9-12,21-22H,4-8,13-18H2,1-3H3,(H2,25,26,27). The third-order valence-electron chi connectivity index (χ3n) is 6.19. The largest absolute Gasteiger partial charge is 0.497 e. The number of hydrogen-bond donors (Lipinski definition) is 2. The molecule has 32 heavy (non-hydrogen) atoms. The lowest BCUT2D eigenvalue weighted by Crippen LogP contribution is -2.46. The van der Waals surface area contributed by atoms with Crippen molar-refractivity contribution in [2.45, 2.75) is 44.2 Å². The molecule has 0 saturated carbocycles. The van der Waals surface area contributed by atoms with Crippen LogP contribution < -0.4 is 15.4 Å². The Labute approximate surface area is 192 Å². The van der Waals surface area contributed by atoms with Crippen LogP contribution in [0.25, 0.3) is 0 Å². The van der Waals surface area contributed by atoms with Gasteiger partial charge in [-0.3, -0.25) is 9.69 Å². The Hall–Kier alpha value is -2.32. The van der Waals surface area contributed by atoms with Gasteiger partial charge in [0.2, 0.25) is 5.91 Å². The van der Waals surface area contributed by atoms with Gasteiger partial charge in [-0.15, -0.1) is 0 Å². The topological polar surface area (TPSA) is 78.4 Å². The van der Waals surface area contributed by atoms with Crippen molar-refractivity contribution in [1.29, 1.82) is 0 Å². The lowest BCUT2D eigenvalue weighted by molar-refractivity contribution is -0.127. The average molecular weight is 446 g/mol. The van der Waals surface area contributed by atoms with Crippen molar-refractivity contribution in [3.63, 3.8) is 0 Å². The molecule has 0 bridgehead atoms. The molecule has 2 fully saturated rings. The van der Waals surface area contributed by atoms with Gasteiger partial charge in [0.25, 0.3) is 0 Å². The number of nitrogens with one attached hydrogen (secondary N) is 2. The Morgan fingerprint density at radius 2 is 1.94 bits per heavy atom. The van der Waals surface area contributed by atoms with Crippen molar-refractivity contribution in [2.24, 2.45) is 4.99 Å². The molecule has 2 aliphatic heterocycles. The van der Waals surface area contributed by atoms with E-state index in [1.807, 2.05) is 12.1 Å². The van der Waals surface area contributed by atoms with Crippen molar-refractivity contribution in [1.82, 2.24) is 20.4 Å². The SMILES string of the molecule is COc1ccc(C(CNC(=NCC(=O)N(C)C)NCC2CCCO2)N2CCCCC2)cc1. The number of likely N-dealkylation sites (N-methyl/N-ethyl adjacent to an activating group) is 1. The van der Waals surface area contributed by atoms with E-state index in [1.165, 1.54) is 24.8 Å². The summed E-state index contributed by atoms with van der Waals surface area (Å²) in [5.41, 5.74) is 1.25. The number of piperidine rings is 1. The summed E-state index contributed by atoms with van der Waals surface area (Å²) in [4.78, 5) is 20.8. The number of methoxy groups -OCH3 is 1. The van der Waals surface area contributed by atoms with Crippen molar-refractivity contribution >= 4 is 11.9 Å². The molecule has 0 radical (unpaired) electrons. The van der Waals surface area contributed by atoms with Gasteiger partial charge >= 0.3 is 0 Å². The first-order valence-electron chi connectivity index (χ1n) is 11.8. The number of amides is 1. The first kappa shape index (κ1) is 24.3. The summed E-state index contributed by atoms with van der Waals surface area (Å²) in [6.45, 7) is 4.52. The summed E-state index contributed by atoms with van der Waals surface area (Å²) in [7, 11) is 5.19. The Morgan fingerprint density at radius 1 is 1.19 bits per heavy atom. The fourth-order valence-electron chi connectivity index (χ4n) is 4.19. The zero-order chi connectivity index (χ0) is 22.8. The number of aliphatic imine (C=N–C) groups is 1. The first-order chi connectivity index (χ1) is 15.6. The summed E-state index contributed by atoms with van der Waals surface area (Å²) in [6.07, 6.45) is 6.09. The molecule has 1 amide bonds. The molecule has 2 saturated heterocycles. The van der Waals surface area contributed by atoms with Crippen LogP contribution in [0, 0.1) is 0 Å². The van der Waals surface area contributed by atoms with Gasteiger partial charge in [-0.05, 0) is 56.5 Å². The Bertz CT molecular complexity index is 726. The Kier molecular flexibility index (Phi) is 9.62. The van der Waals surface area contributed by atoms with Crippen LogP contribution in [0.5, 0.6) is 5.75 Å². The van der Waals surface area contributed by atoms with Gasteiger partial charge in [-0.25, -0.2) is 4.99 Å². The van der Waals surface area contributed by atoms with Gasteiger partial charge in [-0.2, -0.15) is 0 Å². The molecule has 0 aromatic heterocycles. The molecule has 2 heterocycles. The Balaban J connectivity index is 1.69. The molecular formula is C24H39N5O3. The fourth-order valence-corrected chi connectivity index (χ4v) is 4.19. The average Bonchev–Trinajstić information content (AvgIpc) is 3.35.